The number of alkyl halides is 3. The molecule has 0 heterocycles. The molecule has 0 unspecified atom stereocenters. The summed E-state index contributed by atoms with van der Waals surface area (Å²) in [5.74, 6) is -1.50. The van der Waals surface area contributed by atoms with E-state index < -0.39 is 23.5 Å². The van der Waals surface area contributed by atoms with Crippen LogP contribution in [-0.2, 0) is 10.9 Å². The normalized spacial score (nSPS) is 11.2. The van der Waals surface area contributed by atoms with Crippen LogP contribution in [0.5, 0.6) is 0 Å². The van der Waals surface area contributed by atoms with Gasteiger partial charge in [0.15, 0.2) is 0 Å². The molecule has 0 bridgehead atoms. The van der Waals surface area contributed by atoms with E-state index in [9.17, 15) is 22.4 Å². The minimum absolute atomic E-state index is 0.00719. The molecule has 0 saturated heterocycles. The molecule has 0 saturated carbocycles. The molecule has 1 N–H and O–H groups in total. The van der Waals surface area contributed by atoms with Crippen LogP contribution >= 0.6 is 0 Å². The van der Waals surface area contributed by atoms with Crippen molar-refractivity contribution in [2.24, 2.45) is 0 Å². The zero-order chi connectivity index (χ0) is 17.9. The number of benzene rings is 2. The number of nitrogens with one attached hydrogen (secondary N) is 1. The van der Waals surface area contributed by atoms with Crippen molar-refractivity contribution in [2.45, 2.75) is 20.0 Å². The monoisotopic (exact) mass is 341 g/mol. The quantitative estimate of drug-likeness (QED) is 0.623. The molecule has 128 valence electrons. The summed E-state index contributed by atoms with van der Waals surface area (Å²) < 4.78 is 57.3. The summed E-state index contributed by atoms with van der Waals surface area (Å²) in [7, 11) is 0. The summed E-state index contributed by atoms with van der Waals surface area (Å²) >= 11 is 0. The van der Waals surface area contributed by atoms with E-state index in [4.69, 9.17) is 4.74 Å². The summed E-state index contributed by atoms with van der Waals surface area (Å²) in [6.45, 7) is 3.19. The Balaban J connectivity index is 2.51. The highest BCUT2D eigenvalue weighted by Crippen LogP contribution is 2.34. The van der Waals surface area contributed by atoms with Crippen molar-refractivity contribution >= 4 is 17.3 Å². The molecule has 0 atom stereocenters. The molecule has 24 heavy (non-hydrogen) atoms. The fraction of sp³-hybridized carbons (Fsp3) is 0.235. The zero-order valence-electron chi connectivity index (χ0n) is 13.0. The fourth-order valence-corrected chi connectivity index (χ4v) is 2.13. The van der Waals surface area contributed by atoms with Gasteiger partial charge in [0.1, 0.15) is 5.82 Å². The SMILES string of the molecule is CCOC(=O)c1cc(C(F)(F)F)ccc1Nc1c(C)cccc1F. The Bertz CT molecular complexity index is 736. The second-order valence-corrected chi connectivity index (χ2v) is 5.04. The van der Waals surface area contributed by atoms with Crippen LogP contribution in [0.15, 0.2) is 36.4 Å². The Labute approximate surface area is 136 Å². The highest BCUT2D eigenvalue weighted by molar-refractivity contribution is 5.97. The van der Waals surface area contributed by atoms with Gasteiger partial charge in [-0.3, -0.25) is 0 Å². The third kappa shape index (κ3) is 3.84. The number of anilines is 2. The summed E-state index contributed by atoms with van der Waals surface area (Å²) in [4.78, 5) is 12.0. The third-order valence-electron chi connectivity index (χ3n) is 3.32. The van der Waals surface area contributed by atoms with Gasteiger partial charge in [-0.15, -0.1) is 0 Å². The molecular weight excluding hydrogens is 326 g/mol. The van der Waals surface area contributed by atoms with E-state index >= 15 is 0 Å². The lowest BCUT2D eigenvalue weighted by Crippen LogP contribution is -2.12. The molecule has 0 aliphatic heterocycles. The van der Waals surface area contributed by atoms with Gasteiger partial charge in [-0.2, -0.15) is 13.2 Å². The lowest BCUT2D eigenvalue weighted by molar-refractivity contribution is -0.137. The number of para-hydroxylation sites is 1. The molecule has 0 radical (unpaired) electrons. The van der Waals surface area contributed by atoms with Crippen molar-refractivity contribution in [3.05, 3.63) is 58.9 Å². The van der Waals surface area contributed by atoms with Crippen molar-refractivity contribution in [1.82, 2.24) is 0 Å². The van der Waals surface area contributed by atoms with Crippen molar-refractivity contribution < 1.29 is 27.1 Å². The van der Waals surface area contributed by atoms with Crippen LogP contribution in [0.4, 0.5) is 28.9 Å². The van der Waals surface area contributed by atoms with Gasteiger partial charge in [-0.1, -0.05) is 12.1 Å². The van der Waals surface area contributed by atoms with Gasteiger partial charge in [-0.25, -0.2) is 9.18 Å². The lowest BCUT2D eigenvalue weighted by atomic mass is 10.1. The van der Waals surface area contributed by atoms with Crippen molar-refractivity contribution in [3.63, 3.8) is 0 Å². The summed E-state index contributed by atoms with van der Waals surface area (Å²) in [5, 5.41) is 2.68. The standard InChI is InChI=1S/C17H15F4NO2/c1-3-24-16(23)12-9-11(17(19,20)21)7-8-14(12)22-15-10(2)5-4-6-13(15)18/h4-9,22H,3H2,1-2H3. The molecule has 0 spiro atoms. The molecular formula is C17H15F4NO2. The number of carbonyl (C=O) groups is 1. The second-order valence-electron chi connectivity index (χ2n) is 5.04. The zero-order valence-corrected chi connectivity index (χ0v) is 13.0. The van der Waals surface area contributed by atoms with Gasteiger partial charge in [-0.05, 0) is 43.7 Å². The maximum atomic E-state index is 13.9. The molecule has 7 heteroatoms. The molecule has 2 aromatic rings. The number of esters is 1. The first-order valence-corrected chi connectivity index (χ1v) is 7.14. The molecule has 0 aromatic heterocycles. The summed E-state index contributed by atoms with van der Waals surface area (Å²) in [6.07, 6.45) is -4.60. The predicted octanol–water partition coefficient (Wildman–Crippen LogP) is 5.07. The van der Waals surface area contributed by atoms with Gasteiger partial charge in [0, 0.05) is 0 Å². The maximum Gasteiger partial charge on any atom is 0.416 e. The van der Waals surface area contributed by atoms with E-state index in [1.807, 2.05) is 0 Å². The number of ether oxygens (including phenoxy) is 1. The van der Waals surface area contributed by atoms with E-state index in [-0.39, 0.29) is 23.5 Å². The van der Waals surface area contributed by atoms with E-state index in [2.05, 4.69) is 5.32 Å². The number of carbonyl (C=O) groups excluding carboxylic acids is 1. The minimum Gasteiger partial charge on any atom is -0.462 e. The maximum absolute atomic E-state index is 13.9. The number of hydrogen-bond acceptors (Lipinski definition) is 3. The second kappa shape index (κ2) is 6.90. The first-order chi connectivity index (χ1) is 11.2. The number of halogens is 4. The van der Waals surface area contributed by atoms with Crippen molar-refractivity contribution in [1.29, 1.82) is 0 Å². The number of aryl methyl sites for hydroxylation is 1. The van der Waals surface area contributed by atoms with E-state index in [1.54, 1.807) is 19.9 Å². The highest BCUT2D eigenvalue weighted by Gasteiger charge is 2.32. The molecule has 2 aromatic carbocycles. The molecule has 3 nitrogen and oxygen atoms in total. The highest BCUT2D eigenvalue weighted by atomic mass is 19.4. The van der Waals surface area contributed by atoms with Crippen LogP contribution in [0.1, 0.15) is 28.4 Å². The Hall–Kier alpha value is -2.57. The lowest BCUT2D eigenvalue weighted by Gasteiger charge is -2.16. The molecule has 2 rings (SSSR count). The van der Waals surface area contributed by atoms with Gasteiger partial charge in [0.05, 0.1) is 29.1 Å². The fourth-order valence-electron chi connectivity index (χ4n) is 2.13. The molecule has 0 aliphatic carbocycles. The van der Waals surface area contributed by atoms with Crippen LogP contribution in [0, 0.1) is 12.7 Å². The first-order valence-electron chi connectivity index (χ1n) is 7.14. The van der Waals surface area contributed by atoms with E-state index in [1.165, 1.54) is 12.1 Å². The summed E-state index contributed by atoms with van der Waals surface area (Å²) in [5.41, 5.74) is -0.627. The van der Waals surface area contributed by atoms with Crippen LogP contribution in [0.3, 0.4) is 0 Å². The predicted molar refractivity (Wildman–Crippen MR) is 81.8 cm³/mol. The average Bonchev–Trinajstić information content (AvgIpc) is 2.50. The Kier molecular flexibility index (Phi) is 5.11. The van der Waals surface area contributed by atoms with Gasteiger partial charge in [0.25, 0.3) is 0 Å². The molecule has 0 amide bonds. The average molecular weight is 341 g/mol. The van der Waals surface area contributed by atoms with Crippen LogP contribution in [-0.4, -0.2) is 12.6 Å². The summed E-state index contributed by atoms with van der Waals surface area (Å²) in [6, 6.07) is 6.95. The van der Waals surface area contributed by atoms with Crippen LogP contribution in [0.25, 0.3) is 0 Å². The first kappa shape index (κ1) is 17.8. The van der Waals surface area contributed by atoms with Crippen LogP contribution < -0.4 is 5.32 Å². The third-order valence-corrected chi connectivity index (χ3v) is 3.32. The minimum atomic E-state index is -4.60. The van der Waals surface area contributed by atoms with Crippen molar-refractivity contribution in [3.8, 4) is 0 Å². The van der Waals surface area contributed by atoms with E-state index in [0.29, 0.717) is 11.6 Å². The Morgan fingerprint density at radius 3 is 2.50 bits per heavy atom. The van der Waals surface area contributed by atoms with Crippen molar-refractivity contribution in [2.75, 3.05) is 11.9 Å². The smallest absolute Gasteiger partial charge is 0.416 e. The van der Waals surface area contributed by atoms with Gasteiger partial charge in [0.2, 0.25) is 0 Å². The Morgan fingerprint density at radius 2 is 1.92 bits per heavy atom. The van der Waals surface area contributed by atoms with E-state index in [0.717, 1.165) is 12.1 Å². The topological polar surface area (TPSA) is 38.3 Å². The Morgan fingerprint density at radius 1 is 1.21 bits per heavy atom. The van der Waals surface area contributed by atoms with Gasteiger partial charge < -0.3 is 10.1 Å². The number of rotatable bonds is 4. The number of hydrogen-bond donors (Lipinski definition) is 1. The van der Waals surface area contributed by atoms with Gasteiger partial charge >= 0.3 is 12.1 Å². The molecule has 0 fully saturated rings. The largest absolute Gasteiger partial charge is 0.462 e. The molecule has 0 aliphatic rings. The van der Waals surface area contributed by atoms with Crippen LogP contribution in [0.2, 0.25) is 0 Å².